The van der Waals surface area contributed by atoms with Gasteiger partial charge in [-0.15, -0.1) is 0 Å². The van der Waals surface area contributed by atoms with Gasteiger partial charge in [0, 0.05) is 17.5 Å². The van der Waals surface area contributed by atoms with E-state index in [1.807, 2.05) is 38.2 Å². The van der Waals surface area contributed by atoms with E-state index in [9.17, 15) is 4.79 Å². The fourth-order valence-corrected chi connectivity index (χ4v) is 2.00. The van der Waals surface area contributed by atoms with E-state index in [2.05, 4.69) is 12.2 Å². The molecule has 0 bridgehead atoms. The second kappa shape index (κ2) is 6.27. The van der Waals surface area contributed by atoms with Crippen LogP contribution in [0.3, 0.4) is 0 Å². The monoisotopic (exact) mass is 255 g/mol. The summed E-state index contributed by atoms with van der Waals surface area (Å²) in [5.41, 5.74) is 2.73. The molecule has 0 aliphatic carbocycles. The van der Waals surface area contributed by atoms with Crippen LogP contribution in [-0.4, -0.2) is 13.8 Å². The second-order valence-electron chi connectivity index (χ2n) is 4.62. The zero-order valence-electron chi connectivity index (χ0n) is 11.4. The molecule has 1 aromatic carbocycles. The van der Waals surface area contributed by atoms with Gasteiger partial charge in [0.05, 0.1) is 0 Å². The molecule has 3 nitrogen and oxygen atoms in total. The molecule has 4 heteroatoms. The lowest BCUT2D eigenvalue weighted by molar-refractivity contribution is -0.133. The number of rotatable bonds is 5. The van der Waals surface area contributed by atoms with Crippen LogP contribution in [0.4, 0.5) is 5.69 Å². The number of unbranched alkanes of at least 4 members (excludes halogenated alkanes) is 1. The Hall–Kier alpha value is -1.97. The van der Waals surface area contributed by atoms with Crippen LogP contribution in [0.25, 0.3) is 0 Å². The Bertz CT molecular complexity index is 520. The van der Waals surface area contributed by atoms with Crippen molar-refractivity contribution < 1.29 is 9.53 Å². The largest absolute Gasteiger partial charge is 0.422 e. The van der Waals surface area contributed by atoms with Crippen molar-refractivity contribution in [3.8, 4) is 0 Å². The maximum Gasteiger partial charge on any atom is 0.338 e. The summed E-state index contributed by atoms with van der Waals surface area (Å²) in [7, 11) is 1.94. The number of allylic oxidation sites excluding steroid dienone is 1. The standard InChI is InChI=1S/C15H18BNO2/c1-2-3-9-12-14(16)13(19-15(12)18)10-17-11-7-5-4-6-8-11/h4-8,10,17H,2-3,9,16H2,1H3/b13-10-. The van der Waals surface area contributed by atoms with Gasteiger partial charge in [0.1, 0.15) is 13.6 Å². The first kappa shape index (κ1) is 13.5. The summed E-state index contributed by atoms with van der Waals surface area (Å²) < 4.78 is 5.29. The summed E-state index contributed by atoms with van der Waals surface area (Å²) in [5, 5.41) is 3.14. The predicted molar refractivity (Wildman–Crippen MR) is 79.3 cm³/mol. The van der Waals surface area contributed by atoms with Gasteiger partial charge in [0.2, 0.25) is 0 Å². The first-order valence-corrected chi connectivity index (χ1v) is 6.66. The summed E-state index contributed by atoms with van der Waals surface area (Å²) in [4.78, 5) is 11.8. The number of carbonyl (C=O) groups is 1. The fraction of sp³-hybridized carbons (Fsp3) is 0.267. The maximum atomic E-state index is 11.8. The first-order valence-electron chi connectivity index (χ1n) is 6.66. The lowest BCUT2D eigenvalue weighted by Crippen LogP contribution is -1.99. The van der Waals surface area contributed by atoms with Gasteiger partial charge < -0.3 is 10.1 Å². The fourth-order valence-electron chi connectivity index (χ4n) is 2.00. The molecule has 2 rings (SSSR count). The van der Waals surface area contributed by atoms with Crippen LogP contribution in [-0.2, 0) is 9.53 Å². The number of hydrogen-bond donors (Lipinski definition) is 1. The van der Waals surface area contributed by atoms with E-state index in [-0.39, 0.29) is 5.97 Å². The van der Waals surface area contributed by atoms with Crippen molar-refractivity contribution in [2.75, 3.05) is 5.32 Å². The van der Waals surface area contributed by atoms with Crippen LogP contribution >= 0.6 is 0 Å². The van der Waals surface area contributed by atoms with Crippen molar-refractivity contribution in [2.45, 2.75) is 26.2 Å². The molecule has 1 heterocycles. The zero-order valence-corrected chi connectivity index (χ0v) is 11.4. The van der Waals surface area contributed by atoms with Gasteiger partial charge >= 0.3 is 5.97 Å². The average molecular weight is 255 g/mol. The predicted octanol–water partition coefficient (Wildman–Crippen LogP) is 2.57. The number of ether oxygens (including phenoxy) is 1. The second-order valence-corrected chi connectivity index (χ2v) is 4.62. The summed E-state index contributed by atoms with van der Waals surface area (Å²) >= 11 is 0. The van der Waals surface area contributed by atoms with Gasteiger partial charge in [-0.3, -0.25) is 0 Å². The Morgan fingerprint density at radius 3 is 2.74 bits per heavy atom. The zero-order chi connectivity index (χ0) is 13.7. The van der Waals surface area contributed by atoms with Crippen molar-refractivity contribution in [1.82, 2.24) is 0 Å². The third-order valence-electron chi connectivity index (χ3n) is 3.20. The van der Waals surface area contributed by atoms with Crippen LogP contribution in [0.2, 0.25) is 0 Å². The Morgan fingerprint density at radius 2 is 2.05 bits per heavy atom. The maximum absolute atomic E-state index is 11.8. The lowest BCUT2D eigenvalue weighted by Gasteiger charge is -2.02. The van der Waals surface area contributed by atoms with Crippen LogP contribution in [0.1, 0.15) is 26.2 Å². The van der Waals surface area contributed by atoms with Gasteiger partial charge in [0.15, 0.2) is 0 Å². The quantitative estimate of drug-likeness (QED) is 0.649. The van der Waals surface area contributed by atoms with Crippen molar-refractivity contribution in [1.29, 1.82) is 0 Å². The molecule has 1 aliphatic rings. The van der Waals surface area contributed by atoms with Crippen LogP contribution in [0.15, 0.2) is 53.3 Å². The smallest absolute Gasteiger partial charge is 0.338 e. The van der Waals surface area contributed by atoms with Crippen molar-refractivity contribution in [3.63, 3.8) is 0 Å². The highest BCUT2D eigenvalue weighted by Crippen LogP contribution is 2.27. The Morgan fingerprint density at radius 1 is 1.32 bits per heavy atom. The molecule has 0 aromatic heterocycles. The molecule has 19 heavy (non-hydrogen) atoms. The van der Waals surface area contributed by atoms with E-state index in [1.54, 1.807) is 6.20 Å². The van der Waals surface area contributed by atoms with Gasteiger partial charge in [-0.1, -0.05) is 31.5 Å². The minimum atomic E-state index is -0.202. The lowest BCUT2D eigenvalue weighted by atomic mass is 9.88. The molecule has 98 valence electrons. The molecule has 0 spiro atoms. The summed E-state index contributed by atoms with van der Waals surface area (Å²) in [6.07, 6.45) is 4.64. The molecule has 0 radical (unpaired) electrons. The number of anilines is 1. The van der Waals surface area contributed by atoms with Crippen molar-refractivity contribution >= 4 is 19.5 Å². The van der Waals surface area contributed by atoms with Crippen molar-refractivity contribution in [2.24, 2.45) is 0 Å². The normalized spacial score (nSPS) is 16.9. The van der Waals surface area contributed by atoms with E-state index >= 15 is 0 Å². The number of hydrogen-bond acceptors (Lipinski definition) is 3. The summed E-state index contributed by atoms with van der Waals surface area (Å²) in [6.45, 7) is 2.11. The van der Waals surface area contributed by atoms with Crippen LogP contribution in [0.5, 0.6) is 0 Å². The molecule has 0 amide bonds. The highest BCUT2D eigenvalue weighted by Gasteiger charge is 2.25. The molecular weight excluding hydrogens is 237 g/mol. The number of para-hydroxylation sites is 1. The summed E-state index contributed by atoms with van der Waals surface area (Å²) in [6, 6.07) is 9.80. The van der Waals surface area contributed by atoms with Gasteiger partial charge in [-0.25, -0.2) is 4.79 Å². The topological polar surface area (TPSA) is 38.3 Å². The van der Waals surface area contributed by atoms with Gasteiger partial charge in [0.25, 0.3) is 0 Å². The molecule has 1 aromatic rings. The minimum absolute atomic E-state index is 0.202. The molecule has 0 saturated carbocycles. The van der Waals surface area contributed by atoms with E-state index in [0.717, 1.165) is 36.0 Å². The van der Waals surface area contributed by atoms with Gasteiger partial charge in [-0.05, 0) is 30.4 Å². The first-order chi connectivity index (χ1) is 9.22. The van der Waals surface area contributed by atoms with Gasteiger partial charge in [-0.2, -0.15) is 0 Å². The number of carbonyl (C=O) groups excluding carboxylic acids is 1. The number of esters is 1. The average Bonchev–Trinajstić information content (AvgIpc) is 2.70. The Balaban J connectivity index is 2.09. The highest BCUT2D eigenvalue weighted by atomic mass is 16.5. The van der Waals surface area contributed by atoms with E-state index in [4.69, 9.17) is 4.74 Å². The molecule has 0 fully saturated rings. The number of nitrogens with one attached hydrogen (secondary N) is 1. The molecule has 0 unspecified atom stereocenters. The summed E-state index contributed by atoms with van der Waals surface area (Å²) in [5.74, 6) is 0.423. The van der Waals surface area contributed by atoms with E-state index < -0.39 is 0 Å². The molecule has 0 atom stereocenters. The van der Waals surface area contributed by atoms with Crippen LogP contribution < -0.4 is 5.32 Å². The number of cyclic esters (lactones) is 1. The molecule has 1 aliphatic heterocycles. The number of benzene rings is 1. The molecular formula is C15H18BNO2. The van der Waals surface area contributed by atoms with Crippen LogP contribution in [0, 0.1) is 0 Å². The molecule has 0 saturated heterocycles. The van der Waals surface area contributed by atoms with Crippen molar-refractivity contribution in [3.05, 3.63) is 53.3 Å². The highest BCUT2D eigenvalue weighted by molar-refractivity contribution is 6.28. The SMILES string of the molecule is BC1=C(CCCC)C(=O)O/C1=C\Nc1ccccc1. The van der Waals surface area contributed by atoms with E-state index in [0.29, 0.717) is 5.76 Å². The Labute approximate surface area is 114 Å². The van der Waals surface area contributed by atoms with E-state index in [1.165, 1.54) is 0 Å². The minimum Gasteiger partial charge on any atom is -0.422 e. The molecule has 1 N–H and O–H groups in total. The third kappa shape index (κ3) is 3.28. The third-order valence-corrected chi connectivity index (χ3v) is 3.20. The Kier molecular flexibility index (Phi) is 4.45.